The van der Waals surface area contributed by atoms with Gasteiger partial charge in [-0.3, -0.25) is 0 Å². The molecular formula is C24H22ClN3. The van der Waals surface area contributed by atoms with Gasteiger partial charge in [0.2, 0.25) is 0 Å². The second kappa shape index (κ2) is 6.99. The minimum Gasteiger partial charge on any atom is -0.370 e. The van der Waals surface area contributed by atoms with E-state index in [1.54, 1.807) is 0 Å². The van der Waals surface area contributed by atoms with Crippen LogP contribution in [0, 0.1) is 6.92 Å². The van der Waals surface area contributed by atoms with E-state index in [0.717, 1.165) is 53.6 Å². The summed E-state index contributed by atoms with van der Waals surface area (Å²) in [7, 11) is 0. The first-order chi connectivity index (χ1) is 13.7. The smallest absolute Gasteiger partial charge is 0.133 e. The fourth-order valence-electron chi connectivity index (χ4n) is 4.15. The minimum atomic E-state index is 0.766. The molecule has 140 valence electrons. The van der Waals surface area contributed by atoms with Gasteiger partial charge < -0.3 is 5.32 Å². The molecule has 0 saturated heterocycles. The molecule has 1 aliphatic rings. The van der Waals surface area contributed by atoms with E-state index < -0.39 is 0 Å². The maximum absolute atomic E-state index is 6.42. The highest BCUT2D eigenvalue weighted by Gasteiger charge is 2.23. The Labute approximate surface area is 170 Å². The van der Waals surface area contributed by atoms with Gasteiger partial charge in [-0.15, -0.1) is 0 Å². The number of hydrogen-bond donors (Lipinski definition) is 1. The van der Waals surface area contributed by atoms with Crippen molar-refractivity contribution >= 4 is 28.2 Å². The summed E-state index contributed by atoms with van der Waals surface area (Å²) in [4.78, 5) is 0. The molecule has 1 aromatic heterocycles. The molecule has 1 aliphatic heterocycles. The Kier molecular flexibility index (Phi) is 4.33. The summed E-state index contributed by atoms with van der Waals surface area (Å²) in [5.74, 6) is 1.10. The van der Waals surface area contributed by atoms with Crippen molar-refractivity contribution in [3.8, 4) is 16.9 Å². The summed E-state index contributed by atoms with van der Waals surface area (Å²) in [5.41, 5.74) is 5.64. The normalized spacial score (nSPS) is 13.8. The number of rotatable bonds is 2. The van der Waals surface area contributed by atoms with Gasteiger partial charge in [0.25, 0.3) is 0 Å². The Balaban J connectivity index is 1.80. The predicted octanol–water partition coefficient (Wildman–Crippen LogP) is 6.40. The monoisotopic (exact) mass is 387 g/mol. The zero-order valence-electron chi connectivity index (χ0n) is 15.9. The number of hydrogen-bond acceptors (Lipinski definition) is 2. The fourth-order valence-corrected chi connectivity index (χ4v) is 4.32. The van der Waals surface area contributed by atoms with Crippen LogP contribution in [0.3, 0.4) is 0 Å². The van der Waals surface area contributed by atoms with Crippen molar-refractivity contribution in [1.29, 1.82) is 0 Å². The average Bonchev–Trinajstić information content (AvgIpc) is 2.90. The molecule has 3 nitrogen and oxygen atoms in total. The van der Waals surface area contributed by atoms with Gasteiger partial charge in [-0.2, -0.15) is 5.10 Å². The van der Waals surface area contributed by atoms with Crippen LogP contribution in [0.2, 0.25) is 5.02 Å². The van der Waals surface area contributed by atoms with E-state index >= 15 is 0 Å². The van der Waals surface area contributed by atoms with Crippen molar-refractivity contribution in [2.45, 2.75) is 26.2 Å². The van der Waals surface area contributed by atoms with Gasteiger partial charge in [0.15, 0.2) is 0 Å². The molecule has 0 atom stereocenters. The molecular weight excluding hydrogens is 366 g/mol. The lowest BCUT2D eigenvalue weighted by Crippen LogP contribution is -2.08. The number of fused-ring (bicyclic) bond motifs is 2. The van der Waals surface area contributed by atoms with Crippen LogP contribution in [0.25, 0.3) is 27.7 Å². The molecule has 1 N–H and O–H groups in total. The summed E-state index contributed by atoms with van der Waals surface area (Å²) < 4.78 is 2.05. The third-order valence-corrected chi connectivity index (χ3v) is 6.05. The molecule has 0 unspecified atom stereocenters. The quantitative estimate of drug-likeness (QED) is 0.431. The lowest BCUT2D eigenvalue weighted by atomic mass is 9.98. The van der Waals surface area contributed by atoms with Crippen molar-refractivity contribution in [3.05, 3.63) is 76.8 Å². The Morgan fingerprint density at radius 3 is 2.71 bits per heavy atom. The minimum absolute atomic E-state index is 0.766. The van der Waals surface area contributed by atoms with Crippen LogP contribution in [-0.4, -0.2) is 16.3 Å². The molecule has 4 aromatic rings. The SMILES string of the molecule is Cc1c(Cl)cccc1-n1nc(-c2cccc3ccccc23)c2c1NCCCC2. The summed E-state index contributed by atoms with van der Waals surface area (Å²) in [6.45, 7) is 3.02. The number of anilines is 1. The fraction of sp³-hybridized carbons (Fsp3) is 0.208. The van der Waals surface area contributed by atoms with Gasteiger partial charge >= 0.3 is 0 Å². The van der Waals surface area contributed by atoms with Gasteiger partial charge in [-0.25, -0.2) is 4.68 Å². The Morgan fingerprint density at radius 1 is 0.964 bits per heavy atom. The molecule has 3 aromatic carbocycles. The lowest BCUT2D eigenvalue weighted by Gasteiger charge is -2.12. The summed E-state index contributed by atoms with van der Waals surface area (Å²) in [5, 5.41) is 12.0. The van der Waals surface area contributed by atoms with Gasteiger partial charge in [0.1, 0.15) is 5.82 Å². The van der Waals surface area contributed by atoms with Gasteiger partial charge in [0.05, 0.1) is 11.4 Å². The summed E-state index contributed by atoms with van der Waals surface area (Å²) in [6.07, 6.45) is 3.36. The second-order valence-corrected chi connectivity index (χ2v) is 7.79. The highest BCUT2D eigenvalue weighted by atomic mass is 35.5. The van der Waals surface area contributed by atoms with Crippen LogP contribution in [0.5, 0.6) is 0 Å². The molecule has 0 aliphatic carbocycles. The Morgan fingerprint density at radius 2 is 1.79 bits per heavy atom. The molecule has 28 heavy (non-hydrogen) atoms. The molecule has 0 fully saturated rings. The van der Waals surface area contributed by atoms with E-state index in [1.165, 1.54) is 21.9 Å². The van der Waals surface area contributed by atoms with Crippen molar-refractivity contribution in [2.24, 2.45) is 0 Å². The number of nitrogens with zero attached hydrogens (tertiary/aromatic N) is 2. The van der Waals surface area contributed by atoms with E-state index in [9.17, 15) is 0 Å². The summed E-state index contributed by atoms with van der Waals surface area (Å²) >= 11 is 6.42. The third kappa shape index (κ3) is 2.78. The first kappa shape index (κ1) is 17.3. The zero-order valence-corrected chi connectivity index (χ0v) is 16.6. The van der Waals surface area contributed by atoms with Crippen molar-refractivity contribution in [2.75, 3.05) is 11.9 Å². The standard InChI is InChI=1S/C24H22ClN3/c1-16-21(25)13-7-14-22(16)28-24-20(11-4-5-15-26-24)23(27-28)19-12-6-9-17-8-2-3-10-18(17)19/h2-3,6-10,12-14,26H,4-5,11,15H2,1H3. The molecule has 0 spiro atoms. The molecule has 0 amide bonds. The van der Waals surface area contributed by atoms with Crippen molar-refractivity contribution in [3.63, 3.8) is 0 Å². The highest BCUT2D eigenvalue weighted by Crippen LogP contribution is 2.38. The largest absolute Gasteiger partial charge is 0.370 e. The number of nitrogens with one attached hydrogen (secondary N) is 1. The van der Waals surface area contributed by atoms with Crippen LogP contribution in [-0.2, 0) is 6.42 Å². The maximum atomic E-state index is 6.42. The lowest BCUT2D eigenvalue weighted by molar-refractivity contribution is 0.780. The number of benzene rings is 3. The van der Waals surface area contributed by atoms with E-state index in [-0.39, 0.29) is 0 Å². The molecule has 0 bridgehead atoms. The van der Waals surface area contributed by atoms with E-state index in [2.05, 4.69) is 65.5 Å². The topological polar surface area (TPSA) is 29.9 Å². The first-order valence-corrected chi connectivity index (χ1v) is 10.2. The first-order valence-electron chi connectivity index (χ1n) is 9.83. The van der Waals surface area contributed by atoms with Crippen molar-refractivity contribution < 1.29 is 0 Å². The average molecular weight is 388 g/mol. The molecule has 4 heteroatoms. The number of aromatic nitrogens is 2. The van der Waals surface area contributed by atoms with E-state index in [0.29, 0.717) is 0 Å². The van der Waals surface area contributed by atoms with Crippen LogP contribution < -0.4 is 5.32 Å². The molecule has 0 radical (unpaired) electrons. The highest BCUT2D eigenvalue weighted by molar-refractivity contribution is 6.31. The van der Waals surface area contributed by atoms with Crippen LogP contribution in [0.1, 0.15) is 24.0 Å². The van der Waals surface area contributed by atoms with Crippen LogP contribution >= 0.6 is 11.6 Å². The van der Waals surface area contributed by atoms with Gasteiger partial charge in [-0.1, -0.05) is 60.1 Å². The zero-order chi connectivity index (χ0) is 19.1. The van der Waals surface area contributed by atoms with E-state index in [4.69, 9.17) is 16.7 Å². The van der Waals surface area contributed by atoms with Crippen LogP contribution in [0.4, 0.5) is 5.82 Å². The van der Waals surface area contributed by atoms with Gasteiger partial charge in [-0.05, 0) is 54.7 Å². The van der Waals surface area contributed by atoms with Gasteiger partial charge in [0, 0.05) is 22.7 Å². The molecule has 2 heterocycles. The van der Waals surface area contributed by atoms with Crippen molar-refractivity contribution in [1.82, 2.24) is 9.78 Å². The second-order valence-electron chi connectivity index (χ2n) is 7.38. The Hall–Kier alpha value is -2.78. The summed E-state index contributed by atoms with van der Waals surface area (Å²) in [6, 6.07) is 21.0. The molecule has 5 rings (SSSR count). The van der Waals surface area contributed by atoms with Crippen LogP contribution in [0.15, 0.2) is 60.7 Å². The number of halogens is 1. The Bertz CT molecular complexity index is 1170. The maximum Gasteiger partial charge on any atom is 0.133 e. The molecule has 0 saturated carbocycles. The predicted molar refractivity (Wildman–Crippen MR) is 118 cm³/mol. The third-order valence-electron chi connectivity index (χ3n) is 5.64. The van der Waals surface area contributed by atoms with E-state index in [1.807, 2.05) is 12.1 Å².